The van der Waals surface area contributed by atoms with Crippen LogP contribution in [0.5, 0.6) is 5.75 Å². The molecule has 0 spiro atoms. The van der Waals surface area contributed by atoms with E-state index in [0.717, 1.165) is 17.7 Å². The molecule has 134 valence electrons. The van der Waals surface area contributed by atoms with Crippen LogP contribution in [0, 0.1) is 0 Å². The summed E-state index contributed by atoms with van der Waals surface area (Å²) in [5.41, 5.74) is 0.953. The Balaban J connectivity index is 3.04. The van der Waals surface area contributed by atoms with Gasteiger partial charge in [-0.05, 0) is 44.4 Å². The SMILES string of the molecule is CCCC(=O)N(Cc1cccc(OC)c1)[C@H](CC)C(=O)NC(C)C. The number of benzene rings is 1. The van der Waals surface area contributed by atoms with Crippen molar-refractivity contribution >= 4 is 11.8 Å². The molecule has 0 fully saturated rings. The van der Waals surface area contributed by atoms with Crippen LogP contribution in [0.2, 0.25) is 0 Å². The fourth-order valence-corrected chi connectivity index (χ4v) is 2.63. The molecule has 1 aromatic carbocycles. The molecule has 24 heavy (non-hydrogen) atoms. The molecule has 1 aromatic rings. The van der Waals surface area contributed by atoms with Crippen LogP contribution in [0.1, 0.15) is 52.5 Å². The fourth-order valence-electron chi connectivity index (χ4n) is 2.63. The van der Waals surface area contributed by atoms with Crippen LogP contribution in [-0.2, 0) is 16.1 Å². The highest BCUT2D eigenvalue weighted by Crippen LogP contribution is 2.18. The standard InChI is InChI=1S/C19H30N2O3/c1-6-9-18(22)21(17(7-2)19(23)20-14(3)4)13-15-10-8-11-16(12-15)24-5/h8,10-12,14,17H,6-7,9,13H2,1-5H3,(H,20,23)/t17-/m1/s1. The second kappa shape index (κ2) is 9.96. The van der Waals surface area contributed by atoms with Crippen LogP contribution in [-0.4, -0.2) is 35.9 Å². The minimum absolute atomic E-state index is 0.00563. The van der Waals surface area contributed by atoms with E-state index in [1.54, 1.807) is 12.0 Å². The average Bonchev–Trinajstić information content (AvgIpc) is 2.54. The number of hydrogen-bond acceptors (Lipinski definition) is 3. The minimum atomic E-state index is -0.461. The van der Waals surface area contributed by atoms with Crippen LogP contribution in [0.25, 0.3) is 0 Å². The van der Waals surface area contributed by atoms with Crippen LogP contribution < -0.4 is 10.1 Å². The smallest absolute Gasteiger partial charge is 0.243 e. The van der Waals surface area contributed by atoms with Gasteiger partial charge in [0.15, 0.2) is 0 Å². The van der Waals surface area contributed by atoms with Gasteiger partial charge in [0, 0.05) is 19.0 Å². The summed E-state index contributed by atoms with van der Waals surface area (Å²) in [7, 11) is 1.62. The molecule has 0 saturated heterocycles. The Kier molecular flexibility index (Phi) is 8.30. The van der Waals surface area contributed by atoms with Crippen molar-refractivity contribution in [3.8, 4) is 5.75 Å². The third-order valence-electron chi connectivity index (χ3n) is 3.77. The molecule has 5 heteroatoms. The summed E-state index contributed by atoms with van der Waals surface area (Å²) in [5, 5.41) is 2.92. The predicted octanol–water partition coefficient (Wildman–Crippen LogP) is 3.13. The number of amides is 2. The van der Waals surface area contributed by atoms with Gasteiger partial charge in [0.05, 0.1) is 7.11 Å². The average molecular weight is 334 g/mol. The molecular weight excluding hydrogens is 304 g/mol. The monoisotopic (exact) mass is 334 g/mol. The Bertz CT molecular complexity index is 543. The Morgan fingerprint density at radius 3 is 2.50 bits per heavy atom. The molecule has 0 bridgehead atoms. The molecule has 1 N–H and O–H groups in total. The zero-order chi connectivity index (χ0) is 18.1. The van der Waals surface area contributed by atoms with Crippen LogP contribution in [0.15, 0.2) is 24.3 Å². The number of carbonyl (C=O) groups excluding carboxylic acids is 2. The van der Waals surface area contributed by atoms with Crippen LogP contribution in [0.4, 0.5) is 0 Å². The van der Waals surface area contributed by atoms with Crippen molar-refractivity contribution < 1.29 is 14.3 Å². The highest BCUT2D eigenvalue weighted by molar-refractivity contribution is 5.87. The molecule has 0 aliphatic carbocycles. The maximum absolute atomic E-state index is 12.6. The minimum Gasteiger partial charge on any atom is -0.497 e. The summed E-state index contributed by atoms with van der Waals surface area (Å²) in [6.07, 6.45) is 1.78. The molecular formula is C19H30N2O3. The topological polar surface area (TPSA) is 58.6 Å². The summed E-state index contributed by atoms with van der Waals surface area (Å²) in [6, 6.07) is 7.20. The summed E-state index contributed by atoms with van der Waals surface area (Å²) in [6.45, 7) is 8.15. The lowest BCUT2D eigenvalue weighted by Crippen LogP contribution is -2.50. The van der Waals surface area contributed by atoms with E-state index in [0.29, 0.717) is 19.4 Å². The molecule has 0 aliphatic rings. The van der Waals surface area contributed by atoms with Crippen molar-refractivity contribution in [2.75, 3.05) is 7.11 Å². The van der Waals surface area contributed by atoms with E-state index in [1.807, 2.05) is 52.0 Å². The Morgan fingerprint density at radius 1 is 1.25 bits per heavy atom. The lowest BCUT2D eigenvalue weighted by Gasteiger charge is -2.31. The van der Waals surface area contributed by atoms with Gasteiger partial charge in [-0.2, -0.15) is 0 Å². The molecule has 1 atom stereocenters. The summed E-state index contributed by atoms with van der Waals surface area (Å²) >= 11 is 0. The molecule has 0 heterocycles. The number of hydrogen-bond donors (Lipinski definition) is 1. The van der Waals surface area contributed by atoms with Gasteiger partial charge in [0.1, 0.15) is 11.8 Å². The molecule has 0 aliphatic heterocycles. The van der Waals surface area contributed by atoms with Crippen molar-refractivity contribution in [1.82, 2.24) is 10.2 Å². The lowest BCUT2D eigenvalue weighted by atomic mass is 10.1. The molecule has 2 amide bonds. The first-order chi connectivity index (χ1) is 11.4. The van der Waals surface area contributed by atoms with E-state index in [4.69, 9.17) is 4.74 Å². The van der Waals surface area contributed by atoms with Gasteiger partial charge in [-0.3, -0.25) is 9.59 Å². The number of nitrogens with one attached hydrogen (secondary N) is 1. The van der Waals surface area contributed by atoms with E-state index < -0.39 is 6.04 Å². The molecule has 0 aromatic heterocycles. The maximum atomic E-state index is 12.6. The summed E-state index contributed by atoms with van der Waals surface area (Å²) in [4.78, 5) is 26.8. The number of methoxy groups -OCH3 is 1. The largest absolute Gasteiger partial charge is 0.497 e. The van der Waals surface area contributed by atoms with Gasteiger partial charge in [-0.25, -0.2) is 0 Å². The highest BCUT2D eigenvalue weighted by Gasteiger charge is 2.28. The van der Waals surface area contributed by atoms with Gasteiger partial charge in [-0.1, -0.05) is 26.0 Å². The third kappa shape index (κ3) is 5.87. The zero-order valence-corrected chi connectivity index (χ0v) is 15.5. The molecule has 5 nitrogen and oxygen atoms in total. The second-order valence-corrected chi connectivity index (χ2v) is 6.21. The number of ether oxygens (including phenoxy) is 1. The first-order valence-corrected chi connectivity index (χ1v) is 8.65. The highest BCUT2D eigenvalue weighted by atomic mass is 16.5. The maximum Gasteiger partial charge on any atom is 0.243 e. The fraction of sp³-hybridized carbons (Fsp3) is 0.579. The Hall–Kier alpha value is -2.04. The van der Waals surface area contributed by atoms with E-state index in [-0.39, 0.29) is 17.9 Å². The number of nitrogens with zero attached hydrogens (tertiary/aromatic N) is 1. The van der Waals surface area contributed by atoms with E-state index in [9.17, 15) is 9.59 Å². The molecule has 1 rings (SSSR count). The van der Waals surface area contributed by atoms with Crippen LogP contribution >= 0.6 is 0 Å². The first-order valence-electron chi connectivity index (χ1n) is 8.65. The van der Waals surface area contributed by atoms with Gasteiger partial charge in [-0.15, -0.1) is 0 Å². The summed E-state index contributed by atoms with van der Waals surface area (Å²) < 4.78 is 5.25. The van der Waals surface area contributed by atoms with Gasteiger partial charge < -0.3 is 15.0 Å². The second-order valence-electron chi connectivity index (χ2n) is 6.21. The Labute approximate surface area is 145 Å². The molecule has 0 unspecified atom stereocenters. The normalized spacial score (nSPS) is 11.9. The van der Waals surface area contributed by atoms with Crippen molar-refractivity contribution in [3.05, 3.63) is 29.8 Å². The van der Waals surface area contributed by atoms with Crippen molar-refractivity contribution in [2.45, 2.75) is 65.6 Å². The summed E-state index contributed by atoms with van der Waals surface area (Å²) in [5.74, 6) is 0.654. The van der Waals surface area contributed by atoms with E-state index >= 15 is 0 Å². The predicted molar refractivity (Wildman–Crippen MR) is 95.8 cm³/mol. The lowest BCUT2D eigenvalue weighted by molar-refractivity contribution is -0.141. The quantitative estimate of drug-likeness (QED) is 0.755. The Morgan fingerprint density at radius 2 is 1.96 bits per heavy atom. The number of rotatable bonds is 9. The van der Waals surface area contributed by atoms with E-state index in [1.165, 1.54) is 0 Å². The first kappa shape index (κ1) is 20.0. The van der Waals surface area contributed by atoms with Gasteiger partial charge in [0.2, 0.25) is 11.8 Å². The molecule has 0 saturated carbocycles. The van der Waals surface area contributed by atoms with Crippen molar-refractivity contribution in [3.63, 3.8) is 0 Å². The van der Waals surface area contributed by atoms with Crippen molar-refractivity contribution in [1.29, 1.82) is 0 Å². The zero-order valence-electron chi connectivity index (χ0n) is 15.5. The van der Waals surface area contributed by atoms with Crippen LogP contribution in [0.3, 0.4) is 0 Å². The van der Waals surface area contributed by atoms with Gasteiger partial charge >= 0.3 is 0 Å². The van der Waals surface area contributed by atoms with Gasteiger partial charge in [0.25, 0.3) is 0 Å². The number of carbonyl (C=O) groups is 2. The van der Waals surface area contributed by atoms with E-state index in [2.05, 4.69) is 5.32 Å². The molecule has 0 radical (unpaired) electrons. The third-order valence-corrected chi connectivity index (χ3v) is 3.77. The van der Waals surface area contributed by atoms with Crippen molar-refractivity contribution in [2.24, 2.45) is 0 Å².